The largest absolute Gasteiger partial charge is 0.495 e. The summed E-state index contributed by atoms with van der Waals surface area (Å²) in [4.78, 5) is -0.321. The van der Waals surface area contributed by atoms with Gasteiger partial charge in [-0.2, -0.15) is 21.4 Å². The lowest BCUT2D eigenvalue weighted by Gasteiger charge is -2.05. The van der Waals surface area contributed by atoms with Crippen molar-refractivity contribution >= 4 is 41.8 Å². The standard InChI is InChI=1S/C12H15NO7S3/c1-8-13(4-3-5-22(14,15)16)9-6-10(20-2)12(23(17,18)19)7-11(9)21-8/h6-7H,3-5H2,1-2H3,(H-,14,15,16,17,18,19)/p+1. The molecule has 1 aromatic carbocycles. The summed E-state index contributed by atoms with van der Waals surface area (Å²) in [6.45, 7) is 2.14. The van der Waals surface area contributed by atoms with Gasteiger partial charge < -0.3 is 4.74 Å². The molecule has 0 atom stereocenters. The van der Waals surface area contributed by atoms with Gasteiger partial charge in [-0.25, -0.2) is 0 Å². The molecule has 0 radical (unpaired) electrons. The number of hydrogen-bond acceptors (Lipinski definition) is 6. The molecule has 0 fully saturated rings. The van der Waals surface area contributed by atoms with E-state index in [0.29, 0.717) is 16.8 Å². The Hall–Kier alpha value is -1.27. The van der Waals surface area contributed by atoms with Crippen LogP contribution in [0, 0.1) is 6.92 Å². The summed E-state index contributed by atoms with van der Waals surface area (Å²) < 4.78 is 69.9. The smallest absolute Gasteiger partial charge is 0.298 e. The first-order valence-electron chi connectivity index (χ1n) is 6.46. The second-order valence-corrected chi connectivity index (χ2v) is 9.05. The maximum atomic E-state index is 11.4. The zero-order valence-corrected chi connectivity index (χ0v) is 14.8. The van der Waals surface area contributed by atoms with Crippen LogP contribution in [0.1, 0.15) is 11.4 Å². The molecule has 1 heterocycles. The molecule has 0 spiro atoms. The molecule has 128 valence electrons. The Morgan fingerprint density at radius 1 is 1.22 bits per heavy atom. The second-order valence-electron chi connectivity index (χ2n) is 4.86. The van der Waals surface area contributed by atoms with Crippen LogP contribution in [-0.4, -0.2) is 38.8 Å². The quantitative estimate of drug-likeness (QED) is 0.565. The number of thiazole rings is 1. The summed E-state index contributed by atoms with van der Waals surface area (Å²) in [5.41, 5.74) is 0.659. The van der Waals surface area contributed by atoms with Crippen LogP contribution >= 0.6 is 11.3 Å². The summed E-state index contributed by atoms with van der Waals surface area (Å²) in [5, 5.41) is 0.824. The van der Waals surface area contributed by atoms with Crippen molar-refractivity contribution in [1.29, 1.82) is 0 Å². The van der Waals surface area contributed by atoms with E-state index < -0.39 is 20.2 Å². The number of aryl methyl sites for hydroxylation is 2. The van der Waals surface area contributed by atoms with Crippen LogP contribution in [0.3, 0.4) is 0 Å². The van der Waals surface area contributed by atoms with E-state index in [1.54, 1.807) is 6.92 Å². The highest BCUT2D eigenvalue weighted by Gasteiger charge is 2.24. The molecular weight excluding hydrogens is 366 g/mol. The highest BCUT2D eigenvalue weighted by molar-refractivity contribution is 7.86. The third-order valence-electron chi connectivity index (χ3n) is 3.24. The van der Waals surface area contributed by atoms with Crippen molar-refractivity contribution in [3.05, 3.63) is 17.1 Å². The van der Waals surface area contributed by atoms with Crippen LogP contribution in [0.4, 0.5) is 0 Å². The van der Waals surface area contributed by atoms with Gasteiger partial charge in [0.1, 0.15) is 15.3 Å². The molecule has 1 aromatic heterocycles. The molecule has 2 N–H and O–H groups in total. The highest BCUT2D eigenvalue weighted by atomic mass is 32.2. The molecule has 0 aliphatic rings. The average Bonchev–Trinajstić information content (AvgIpc) is 2.70. The molecule has 23 heavy (non-hydrogen) atoms. The number of nitrogens with zero attached hydrogens (tertiary/aromatic N) is 1. The van der Waals surface area contributed by atoms with E-state index in [9.17, 15) is 21.4 Å². The number of rotatable bonds is 6. The molecule has 0 saturated carbocycles. The number of hydrogen-bond donors (Lipinski definition) is 2. The first-order chi connectivity index (χ1) is 10.5. The van der Waals surface area contributed by atoms with Gasteiger partial charge in [0.15, 0.2) is 6.54 Å². The fourth-order valence-electron chi connectivity index (χ4n) is 2.25. The van der Waals surface area contributed by atoms with E-state index in [0.717, 1.165) is 5.01 Å². The van der Waals surface area contributed by atoms with Crippen LogP contribution < -0.4 is 9.30 Å². The van der Waals surface area contributed by atoms with Crippen LogP contribution in [0.5, 0.6) is 5.75 Å². The first kappa shape index (κ1) is 18.1. The van der Waals surface area contributed by atoms with Gasteiger partial charge in [0, 0.05) is 13.3 Å². The van der Waals surface area contributed by atoms with Crippen molar-refractivity contribution in [2.45, 2.75) is 24.8 Å². The number of benzene rings is 1. The minimum absolute atomic E-state index is 0.00123. The molecule has 8 nitrogen and oxygen atoms in total. The van der Waals surface area contributed by atoms with Crippen molar-refractivity contribution in [2.24, 2.45) is 0 Å². The Labute approximate surface area is 137 Å². The summed E-state index contributed by atoms with van der Waals surface area (Å²) in [7, 11) is -7.16. The second kappa shape index (κ2) is 6.32. The molecular formula is C12H16NO7S3+. The van der Waals surface area contributed by atoms with E-state index in [1.807, 2.05) is 4.57 Å². The number of aromatic nitrogens is 1. The van der Waals surface area contributed by atoms with Crippen molar-refractivity contribution in [3.8, 4) is 5.75 Å². The topological polar surface area (TPSA) is 122 Å². The Bertz CT molecular complexity index is 945. The van der Waals surface area contributed by atoms with E-state index in [-0.39, 0.29) is 22.8 Å². The van der Waals surface area contributed by atoms with Crippen molar-refractivity contribution in [3.63, 3.8) is 0 Å². The van der Waals surface area contributed by atoms with Gasteiger partial charge in [0.05, 0.1) is 18.9 Å². The average molecular weight is 382 g/mol. The highest BCUT2D eigenvalue weighted by Crippen LogP contribution is 2.31. The molecule has 0 amide bonds. The summed E-state index contributed by atoms with van der Waals surface area (Å²) in [6, 6.07) is 2.80. The molecule has 0 bridgehead atoms. The number of fused-ring (bicyclic) bond motifs is 1. The third-order valence-corrected chi connectivity index (χ3v) is 5.98. The van der Waals surface area contributed by atoms with Crippen molar-refractivity contribution in [1.82, 2.24) is 0 Å². The zero-order chi connectivity index (χ0) is 17.4. The van der Waals surface area contributed by atoms with Crippen LogP contribution in [0.15, 0.2) is 17.0 Å². The molecule has 2 aromatic rings. The van der Waals surface area contributed by atoms with E-state index in [1.165, 1.54) is 30.6 Å². The van der Waals surface area contributed by atoms with Crippen LogP contribution in [-0.2, 0) is 26.8 Å². The number of methoxy groups -OCH3 is 1. The third kappa shape index (κ3) is 4.18. The van der Waals surface area contributed by atoms with Crippen molar-refractivity contribution < 1.29 is 35.2 Å². The predicted molar refractivity (Wildman–Crippen MR) is 84.2 cm³/mol. The molecule has 0 aliphatic carbocycles. The van der Waals surface area contributed by atoms with Gasteiger partial charge in [-0.3, -0.25) is 9.11 Å². The van der Waals surface area contributed by atoms with Gasteiger partial charge in [0.25, 0.3) is 20.2 Å². The minimum Gasteiger partial charge on any atom is -0.495 e. The Morgan fingerprint density at radius 2 is 1.87 bits per heavy atom. The molecule has 11 heteroatoms. The van der Waals surface area contributed by atoms with E-state index in [2.05, 4.69) is 0 Å². The zero-order valence-electron chi connectivity index (χ0n) is 12.4. The maximum absolute atomic E-state index is 11.4. The first-order valence-corrected chi connectivity index (χ1v) is 10.3. The van der Waals surface area contributed by atoms with Gasteiger partial charge in [0.2, 0.25) is 10.5 Å². The molecule has 0 aliphatic heterocycles. The minimum atomic E-state index is -4.42. The van der Waals surface area contributed by atoms with Gasteiger partial charge in [-0.1, -0.05) is 11.3 Å². The maximum Gasteiger partial charge on any atom is 0.298 e. The van der Waals surface area contributed by atoms with E-state index >= 15 is 0 Å². The lowest BCUT2D eigenvalue weighted by Crippen LogP contribution is -2.35. The SMILES string of the molecule is COc1cc2c(cc1S(=O)(=O)O)sc(C)[n+]2CCCS(=O)(=O)O. The Balaban J connectivity index is 2.50. The molecule has 2 rings (SSSR count). The monoisotopic (exact) mass is 382 g/mol. The lowest BCUT2D eigenvalue weighted by molar-refractivity contribution is -0.672. The normalized spacial score (nSPS) is 12.7. The van der Waals surface area contributed by atoms with Crippen molar-refractivity contribution in [2.75, 3.05) is 12.9 Å². The fourth-order valence-corrected chi connectivity index (χ4v) is 4.55. The van der Waals surface area contributed by atoms with Crippen LogP contribution in [0.2, 0.25) is 0 Å². The molecule has 0 unspecified atom stereocenters. The van der Waals surface area contributed by atoms with Gasteiger partial charge in [-0.05, 0) is 6.07 Å². The Kier molecular flexibility index (Phi) is 4.97. The Morgan fingerprint density at radius 3 is 2.39 bits per heavy atom. The number of ether oxygens (including phenoxy) is 1. The van der Waals surface area contributed by atoms with Gasteiger partial charge >= 0.3 is 0 Å². The van der Waals surface area contributed by atoms with Gasteiger partial charge in [-0.15, -0.1) is 0 Å². The summed E-state index contributed by atoms with van der Waals surface area (Å²) in [6.07, 6.45) is 0.207. The summed E-state index contributed by atoms with van der Waals surface area (Å²) >= 11 is 1.31. The fraction of sp³-hybridized carbons (Fsp3) is 0.417. The van der Waals surface area contributed by atoms with E-state index in [4.69, 9.17) is 9.29 Å². The predicted octanol–water partition coefficient (Wildman–Crippen LogP) is 1.03. The lowest BCUT2D eigenvalue weighted by atomic mass is 10.3. The molecule has 0 saturated heterocycles. The van der Waals surface area contributed by atoms with Crippen LogP contribution in [0.25, 0.3) is 10.2 Å². The summed E-state index contributed by atoms with van der Waals surface area (Å²) in [5.74, 6) is -0.363.